The molecule has 168 valence electrons. The second-order valence-corrected chi connectivity index (χ2v) is 6.83. The summed E-state index contributed by atoms with van der Waals surface area (Å²) in [5.41, 5.74) is 9.37. The Kier molecular flexibility index (Phi) is 8.13. The largest absolute Gasteiger partial charge is 0.403 e. The lowest BCUT2D eigenvalue weighted by molar-refractivity contribution is -0.111. The summed E-state index contributed by atoms with van der Waals surface area (Å²) in [6, 6.07) is 17.3. The van der Waals surface area contributed by atoms with Gasteiger partial charge in [0.2, 0.25) is 11.9 Å². The van der Waals surface area contributed by atoms with Crippen molar-refractivity contribution in [1.82, 2.24) is 9.97 Å². The molecule has 9 nitrogen and oxygen atoms in total. The SMILES string of the molecule is C=CC(=O)Nc1cccc(Nc2nc(N/C(C=NC)=C/N)ncc2NCc2ccccc2)c1. The highest BCUT2D eigenvalue weighted by Gasteiger charge is 2.10. The summed E-state index contributed by atoms with van der Waals surface area (Å²) in [6.45, 7) is 4.07. The molecule has 0 aliphatic heterocycles. The summed E-state index contributed by atoms with van der Waals surface area (Å²) in [5.74, 6) is 0.598. The Morgan fingerprint density at radius 3 is 2.64 bits per heavy atom. The third-order valence-electron chi connectivity index (χ3n) is 4.40. The van der Waals surface area contributed by atoms with Gasteiger partial charge in [-0.2, -0.15) is 4.98 Å². The van der Waals surface area contributed by atoms with Crippen molar-refractivity contribution >= 4 is 41.0 Å². The van der Waals surface area contributed by atoms with E-state index in [0.717, 1.165) is 11.3 Å². The highest BCUT2D eigenvalue weighted by molar-refractivity contribution is 5.99. The minimum Gasteiger partial charge on any atom is -0.403 e. The molecule has 3 rings (SSSR count). The molecule has 0 unspecified atom stereocenters. The van der Waals surface area contributed by atoms with Crippen molar-refractivity contribution in [3.63, 3.8) is 0 Å². The van der Waals surface area contributed by atoms with Crippen molar-refractivity contribution in [2.75, 3.05) is 28.3 Å². The number of hydrogen-bond acceptors (Lipinski definition) is 8. The first kappa shape index (κ1) is 23.0. The van der Waals surface area contributed by atoms with Crippen LogP contribution in [0.1, 0.15) is 5.56 Å². The fourth-order valence-electron chi connectivity index (χ4n) is 2.85. The predicted molar refractivity (Wildman–Crippen MR) is 135 cm³/mol. The average Bonchev–Trinajstić information content (AvgIpc) is 2.84. The number of nitrogens with two attached hydrogens (primary N) is 1. The maximum Gasteiger partial charge on any atom is 0.247 e. The normalized spacial score (nSPS) is 11.1. The van der Waals surface area contributed by atoms with Crippen molar-refractivity contribution in [3.05, 3.63) is 90.9 Å². The first-order valence-electron chi connectivity index (χ1n) is 10.2. The number of anilines is 5. The molecule has 0 fully saturated rings. The summed E-state index contributed by atoms with van der Waals surface area (Å²) >= 11 is 0. The van der Waals surface area contributed by atoms with E-state index in [1.165, 1.54) is 12.3 Å². The molecule has 3 aromatic rings. The Labute approximate surface area is 192 Å². The smallest absolute Gasteiger partial charge is 0.247 e. The lowest BCUT2D eigenvalue weighted by Gasteiger charge is -2.15. The van der Waals surface area contributed by atoms with Gasteiger partial charge in [0, 0.05) is 37.4 Å². The Balaban J connectivity index is 1.87. The maximum atomic E-state index is 11.6. The predicted octanol–water partition coefficient (Wildman–Crippen LogP) is 3.87. The van der Waals surface area contributed by atoms with Crippen molar-refractivity contribution < 1.29 is 4.79 Å². The van der Waals surface area contributed by atoms with Gasteiger partial charge in [-0.15, -0.1) is 0 Å². The number of aliphatic imine (C=N–C) groups is 1. The number of benzene rings is 2. The van der Waals surface area contributed by atoms with Crippen LogP contribution < -0.4 is 27.0 Å². The minimum atomic E-state index is -0.287. The number of carbonyl (C=O) groups excluding carboxylic acids is 1. The highest BCUT2D eigenvalue weighted by Crippen LogP contribution is 2.26. The van der Waals surface area contributed by atoms with E-state index >= 15 is 0 Å². The van der Waals surface area contributed by atoms with Gasteiger partial charge >= 0.3 is 0 Å². The third-order valence-corrected chi connectivity index (χ3v) is 4.40. The molecule has 9 heteroatoms. The van der Waals surface area contributed by atoms with Crippen LogP contribution in [0.25, 0.3) is 0 Å². The molecule has 0 saturated carbocycles. The van der Waals surface area contributed by atoms with Gasteiger partial charge in [-0.1, -0.05) is 43.0 Å². The first-order chi connectivity index (χ1) is 16.1. The molecule has 0 spiro atoms. The molecule has 0 atom stereocenters. The van der Waals surface area contributed by atoms with Crippen LogP contribution in [-0.2, 0) is 11.3 Å². The number of nitrogens with one attached hydrogen (secondary N) is 4. The van der Waals surface area contributed by atoms with Gasteiger partial charge < -0.3 is 27.0 Å². The quantitative estimate of drug-likeness (QED) is 0.238. The molecule has 1 amide bonds. The van der Waals surface area contributed by atoms with Crippen molar-refractivity contribution in [2.24, 2.45) is 10.7 Å². The van der Waals surface area contributed by atoms with Crippen LogP contribution in [0.15, 0.2) is 90.3 Å². The molecule has 0 aliphatic carbocycles. The maximum absolute atomic E-state index is 11.6. The zero-order chi connectivity index (χ0) is 23.5. The zero-order valence-electron chi connectivity index (χ0n) is 18.2. The van der Waals surface area contributed by atoms with E-state index in [9.17, 15) is 4.79 Å². The summed E-state index contributed by atoms with van der Waals surface area (Å²) in [7, 11) is 1.65. The fourth-order valence-corrected chi connectivity index (χ4v) is 2.85. The molecular formula is C24H26N8O. The van der Waals surface area contributed by atoms with Gasteiger partial charge in [0.1, 0.15) is 0 Å². The van der Waals surface area contributed by atoms with E-state index in [2.05, 4.69) is 42.8 Å². The summed E-state index contributed by atoms with van der Waals surface area (Å²) < 4.78 is 0. The average molecular weight is 443 g/mol. The van der Waals surface area contributed by atoms with Crippen LogP contribution in [-0.4, -0.2) is 29.1 Å². The zero-order valence-corrected chi connectivity index (χ0v) is 18.2. The Bertz CT molecular complexity index is 1160. The van der Waals surface area contributed by atoms with E-state index in [1.54, 1.807) is 31.6 Å². The molecule has 0 radical (unpaired) electrons. The van der Waals surface area contributed by atoms with Gasteiger partial charge in [0.25, 0.3) is 0 Å². The van der Waals surface area contributed by atoms with E-state index < -0.39 is 0 Å². The second-order valence-electron chi connectivity index (χ2n) is 6.83. The molecule has 33 heavy (non-hydrogen) atoms. The molecule has 6 N–H and O–H groups in total. The number of hydrogen-bond donors (Lipinski definition) is 5. The number of allylic oxidation sites excluding steroid dienone is 1. The molecule has 1 heterocycles. The molecule has 0 bridgehead atoms. The molecule has 0 aliphatic rings. The Morgan fingerprint density at radius 1 is 1.12 bits per heavy atom. The van der Waals surface area contributed by atoms with Crippen LogP contribution in [0.4, 0.5) is 28.8 Å². The summed E-state index contributed by atoms with van der Waals surface area (Å²) in [5, 5.41) is 12.4. The van der Waals surface area contributed by atoms with Crippen molar-refractivity contribution in [3.8, 4) is 0 Å². The third kappa shape index (κ3) is 6.93. The Hall–Kier alpha value is -4.66. The number of carbonyl (C=O) groups is 1. The molecular weight excluding hydrogens is 416 g/mol. The number of amides is 1. The number of nitrogens with zero attached hydrogens (tertiary/aromatic N) is 3. The van der Waals surface area contributed by atoms with Crippen LogP contribution in [0.3, 0.4) is 0 Å². The van der Waals surface area contributed by atoms with Crippen LogP contribution >= 0.6 is 0 Å². The van der Waals surface area contributed by atoms with Crippen LogP contribution in [0.2, 0.25) is 0 Å². The molecule has 0 saturated heterocycles. The van der Waals surface area contributed by atoms with Crippen LogP contribution in [0.5, 0.6) is 0 Å². The second kappa shape index (κ2) is 11.7. The fraction of sp³-hybridized carbons (Fsp3) is 0.0833. The lowest BCUT2D eigenvalue weighted by atomic mass is 10.2. The molecule has 1 aromatic heterocycles. The van der Waals surface area contributed by atoms with E-state index in [0.29, 0.717) is 35.4 Å². The van der Waals surface area contributed by atoms with Gasteiger partial charge in [0.05, 0.1) is 17.6 Å². The number of rotatable bonds is 10. The highest BCUT2D eigenvalue weighted by atomic mass is 16.1. The van der Waals surface area contributed by atoms with E-state index in [-0.39, 0.29) is 5.91 Å². The standard InChI is InChI=1S/C24H26N8O/c1-3-22(33)29-18-10-7-11-19(12-18)30-23-21(27-14-17-8-5-4-6-9-17)16-28-24(32-23)31-20(13-25)15-26-2/h3-13,15-16,27H,1,14,25H2,2H3,(H,29,33)(H2,28,30,31,32)/b20-13+,26-15?. The monoisotopic (exact) mass is 442 g/mol. The first-order valence-corrected chi connectivity index (χ1v) is 10.2. The van der Waals surface area contributed by atoms with Crippen molar-refractivity contribution in [1.29, 1.82) is 0 Å². The van der Waals surface area contributed by atoms with Gasteiger partial charge in [-0.25, -0.2) is 4.98 Å². The topological polar surface area (TPSA) is 129 Å². The van der Waals surface area contributed by atoms with E-state index in [1.807, 2.05) is 42.5 Å². The van der Waals surface area contributed by atoms with Gasteiger partial charge in [-0.05, 0) is 29.8 Å². The van der Waals surface area contributed by atoms with E-state index in [4.69, 9.17) is 5.73 Å². The summed E-state index contributed by atoms with van der Waals surface area (Å²) in [6.07, 6.45) is 5.86. The Morgan fingerprint density at radius 2 is 1.91 bits per heavy atom. The minimum absolute atomic E-state index is 0.287. The molecule has 2 aromatic carbocycles. The number of aromatic nitrogens is 2. The summed E-state index contributed by atoms with van der Waals surface area (Å²) in [4.78, 5) is 24.6. The van der Waals surface area contributed by atoms with Crippen LogP contribution in [0, 0.1) is 0 Å². The van der Waals surface area contributed by atoms with Gasteiger partial charge in [-0.3, -0.25) is 9.79 Å². The van der Waals surface area contributed by atoms with Gasteiger partial charge in [0.15, 0.2) is 5.82 Å². The lowest BCUT2D eigenvalue weighted by Crippen LogP contribution is -2.11. The van der Waals surface area contributed by atoms with Crippen molar-refractivity contribution in [2.45, 2.75) is 6.54 Å².